The third kappa shape index (κ3) is 2.31. The lowest BCUT2D eigenvalue weighted by molar-refractivity contribution is -0.140. The lowest BCUT2D eigenvalue weighted by Crippen LogP contribution is -2.29. The van der Waals surface area contributed by atoms with E-state index in [1.54, 1.807) is 0 Å². The van der Waals surface area contributed by atoms with Gasteiger partial charge in [0.1, 0.15) is 6.10 Å². The minimum absolute atomic E-state index is 0.103. The van der Waals surface area contributed by atoms with Crippen LogP contribution in [-0.4, -0.2) is 37.1 Å². The number of carbonyl (C=O) groups is 1. The van der Waals surface area contributed by atoms with Crippen molar-refractivity contribution in [2.24, 2.45) is 0 Å². The minimum Gasteiger partial charge on any atom is -0.459 e. The van der Waals surface area contributed by atoms with Gasteiger partial charge in [-0.15, -0.1) is 0 Å². The van der Waals surface area contributed by atoms with E-state index in [1.807, 2.05) is 13.1 Å². The Kier molecular flexibility index (Phi) is 2.36. The Morgan fingerprint density at radius 2 is 2.38 bits per heavy atom. The summed E-state index contributed by atoms with van der Waals surface area (Å²) in [6.45, 7) is 1.78. The molecule has 2 rings (SSSR count). The van der Waals surface area contributed by atoms with Gasteiger partial charge in [-0.25, -0.2) is 4.79 Å². The van der Waals surface area contributed by atoms with Gasteiger partial charge in [0, 0.05) is 18.7 Å². The molecular formula is C10H15NO2. The van der Waals surface area contributed by atoms with Crippen LogP contribution in [-0.2, 0) is 9.53 Å². The summed E-state index contributed by atoms with van der Waals surface area (Å²) in [7, 11) is 2.03. The van der Waals surface area contributed by atoms with Crippen LogP contribution in [0, 0.1) is 0 Å². The van der Waals surface area contributed by atoms with Crippen molar-refractivity contribution in [1.29, 1.82) is 0 Å². The predicted octanol–water partition coefficient (Wildman–Crippen LogP) is 0.954. The number of hydrogen-bond donors (Lipinski definition) is 0. The van der Waals surface area contributed by atoms with E-state index >= 15 is 0 Å². The molecule has 0 atom stereocenters. The number of ether oxygens (including phenoxy) is 1. The molecule has 1 aliphatic carbocycles. The molecule has 13 heavy (non-hydrogen) atoms. The summed E-state index contributed by atoms with van der Waals surface area (Å²) in [6, 6.07) is 0. The fourth-order valence-corrected chi connectivity index (χ4v) is 1.45. The summed E-state index contributed by atoms with van der Waals surface area (Å²) in [5.74, 6) is -0.103. The maximum Gasteiger partial charge on any atom is 0.335 e. The number of nitrogens with zero attached hydrogens (tertiary/aromatic N) is 1. The Morgan fingerprint density at radius 1 is 1.62 bits per heavy atom. The third-order valence-corrected chi connectivity index (χ3v) is 2.40. The van der Waals surface area contributed by atoms with E-state index in [-0.39, 0.29) is 12.1 Å². The molecule has 0 aromatic heterocycles. The lowest BCUT2D eigenvalue weighted by atomic mass is 10.1. The number of carbonyl (C=O) groups excluding carboxylic acids is 1. The largest absolute Gasteiger partial charge is 0.459 e. The molecule has 0 unspecified atom stereocenters. The molecule has 2 aliphatic rings. The number of hydrogen-bond acceptors (Lipinski definition) is 3. The Hall–Kier alpha value is -0.830. The first-order chi connectivity index (χ1) is 6.25. The van der Waals surface area contributed by atoms with Gasteiger partial charge in [-0.05, 0) is 26.3 Å². The van der Waals surface area contributed by atoms with E-state index in [2.05, 4.69) is 4.90 Å². The number of esters is 1. The van der Waals surface area contributed by atoms with Gasteiger partial charge in [0.05, 0.1) is 0 Å². The molecule has 1 aliphatic heterocycles. The fraction of sp³-hybridized carbons (Fsp3) is 0.700. The van der Waals surface area contributed by atoms with Gasteiger partial charge < -0.3 is 9.64 Å². The van der Waals surface area contributed by atoms with Gasteiger partial charge in [-0.1, -0.05) is 6.08 Å². The molecule has 0 N–H and O–H groups in total. The Labute approximate surface area is 78.4 Å². The van der Waals surface area contributed by atoms with E-state index in [9.17, 15) is 4.79 Å². The topological polar surface area (TPSA) is 29.5 Å². The molecule has 0 spiro atoms. The van der Waals surface area contributed by atoms with E-state index in [1.165, 1.54) is 0 Å². The van der Waals surface area contributed by atoms with Crippen LogP contribution in [0.5, 0.6) is 0 Å². The molecule has 3 nitrogen and oxygen atoms in total. The van der Waals surface area contributed by atoms with Crippen molar-refractivity contribution in [2.45, 2.75) is 25.4 Å². The predicted molar refractivity (Wildman–Crippen MR) is 49.3 cm³/mol. The molecule has 0 saturated heterocycles. The van der Waals surface area contributed by atoms with E-state index in [0.29, 0.717) is 0 Å². The van der Waals surface area contributed by atoms with Gasteiger partial charge in [-0.3, -0.25) is 0 Å². The molecular weight excluding hydrogens is 166 g/mol. The van der Waals surface area contributed by atoms with Crippen LogP contribution in [0.15, 0.2) is 11.6 Å². The van der Waals surface area contributed by atoms with Gasteiger partial charge in [0.15, 0.2) is 0 Å². The van der Waals surface area contributed by atoms with Crippen molar-refractivity contribution in [2.75, 3.05) is 20.1 Å². The zero-order chi connectivity index (χ0) is 9.26. The number of likely N-dealkylation sites (N-methyl/N-ethyl adjacent to an activating group) is 1. The standard InChI is InChI=1S/C10H15NO2/c1-11-6-2-3-8(7-11)10(12)13-9-4-5-9/h3,9H,2,4-7H2,1H3. The second-order valence-corrected chi connectivity index (χ2v) is 3.86. The zero-order valence-electron chi connectivity index (χ0n) is 7.95. The third-order valence-electron chi connectivity index (χ3n) is 2.40. The van der Waals surface area contributed by atoms with Crippen LogP contribution in [0.3, 0.4) is 0 Å². The van der Waals surface area contributed by atoms with Crippen LogP contribution in [0.25, 0.3) is 0 Å². The molecule has 0 radical (unpaired) electrons. The van der Waals surface area contributed by atoms with Crippen LogP contribution < -0.4 is 0 Å². The molecule has 1 saturated carbocycles. The maximum atomic E-state index is 11.5. The maximum absolute atomic E-state index is 11.5. The Morgan fingerprint density at radius 3 is 3.00 bits per heavy atom. The van der Waals surface area contributed by atoms with Gasteiger partial charge >= 0.3 is 5.97 Å². The first-order valence-corrected chi connectivity index (χ1v) is 4.84. The minimum atomic E-state index is -0.103. The second-order valence-electron chi connectivity index (χ2n) is 3.86. The van der Waals surface area contributed by atoms with Crippen molar-refractivity contribution in [3.05, 3.63) is 11.6 Å². The average molecular weight is 181 g/mol. The van der Waals surface area contributed by atoms with Crippen molar-refractivity contribution in [3.63, 3.8) is 0 Å². The smallest absolute Gasteiger partial charge is 0.335 e. The van der Waals surface area contributed by atoms with Crippen molar-refractivity contribution >= 4 is 5.97 Å². The monoisotopic (exact) mass is 181 g/mol. The lowest BCUT2D eigenvalue weighted by Gasteiger charge is -2.21. The summed E-state index contributed by atoms with van der Waals surface area (Å²) in [4.78, 5) is 13.6. The van der Waals surface area contributed by atoms with Crippen molar-refractivity contribution < 1.29 is 9.53 Å². The molecule has 0 amide bonds. The molecule has 72 valence electrons. The second kappa shape index (κ2) is 3.50. The highest BCUT2D eigenvalue weighted by atomic mass is 16.5. The Bertz CT molecular complexity index is 243. The summed E-state index contributed by atoms with van der Waals surface area (Å²) < 4.78 is 5.22. The molecule has 3 heteroatoms. The highest BCUT2D eigenvalue weighted by molar-refractivity contribution is 5.89. The highest BCUT2D eigenvalue weighted by Crippen LogP contribution is 2.25. The van der Waals surface area contributed by atoms with Crippen LogP contribution >= 0.6 is 0 Å². The van der Waals surface area contributed by atoms with E-state index < -0.39 is 0 Å². The molecule has 0 aromatic rings. The zero-order valence-corrected chi connectivity index (χ0v) is 7.95. The SMILES string of the molecule is CN1CCC=C(C(=O)OC2CC2)C1. The van der Waals surface area contributed by atoms with Crippen molar-refractivity contribution in [3.8, 4) is 0 Å². The van der Waals surface area contributed by atoms with E-state index in [4.69, 9.17) is 4.74 Å². The first kappa shape index (κ1) is 8.75. The van der Waals surface area contributed by atoms with Gasteiger partial charge in [0.2, 0.25) is 0 Å². The van der Waals surface area contributed by atoms with E-state index in [0.717, 1.165) is 37.9 Å². The summed E-state index contributed by atoms with van der Waals surface area (Å²) in [5, 5.41) is 0. The molecule has 1 fully saturated rings. The van der Waals surface area contributed by atoms with Crippen LogP contribution in [0.2, 0.25) is 0 Å². The number of rotatable bonds is 2. The van der Waals surface area contributed by atoms with Crippen molar-refractivity contribution in [1.82, 2.24) is 4.90 Å². The highest BCUT2D eigenvalue weighted by Gasteiger charge is 2.28. The van der Waals surface area contributed by atoms with Crippen LogP contribution in [0.4, 0.5) is 0 Å². The molecule has 0 aromatic carbocycles. The van der Waals surface area contributed by atoms with Crippen LogP contribution in [0.1, 0.15) is 19.3 Å². The fourth-order valence-electron chi connectivity index (χ4n) is 1.45. The molecule has 0 bridgehead atoms. The normalized spacial score (nSPS) is 23.9. The quantitative estimate of drug-likeness (QED) is 0.594. The summed E-state index contributed by atoms with van der Waals surface area (Å²) in [5.41, 5.74) is 0.834. The van der Waals surface area contributed by atoms with Gasteiger partial charge in [0.25, 0.3) is 0 Å². The van der Waals surface area contributed by atoms with Gasteiger partial charge in [-0.2, -0.15) is 0 Å². The molecule has 1 heterocycles. The Balaban J connectivity index is 1.90. The first-order valence-electron chi connectivity index (χ1n) is 4.84. The summed E-state index contributed by atoms with van der Waals surface area (Å²) in [6.07, 6.45) is 5.29. The average Bonchev–Trinajstić information content (AvgIpc) is 2.88. The summed E-state index contributed by atoms with van der Waals surface area (Å²) >= 11 is 0.